The number of ether oxygens (including phenoxy) is 2. The third-order valence-corrected chi connectivity index (χ3v) is 4.92. The molecule has 3 rings (SSSR count). The largest absolute Gasteiger partial charge is 0.489 e. The Bertz CT molecular complexity index is 620. The standard InChI is InChI=1S/C18H21ClN2O2S/c1-14-11-21(12-18(19)23-14)24-17-6-4-16(5-7-17)22-13-15-3-2-9-20-10-8-15/h2,4-10,14,18H,3,11-13H2,1H3/t14-,18?/m0/s1. The van der Waals surface area contributed by atoms with E-state index in [1.807, 2.05) is 37.4 Å². The Balaban J connectivity index is 1.51. The number of hydrogen-bond acceptors (Lipinski definition) is 5. The highest BCUT2D eigenvalue weighted by atomic mass is 35.5. The summed E-state index contributed by atoms with van der Waals surface area (Å²) in [5, 5.41) is 0. The maximum absolute atomic E-state index is 6.11. The zero-order chi connectivity index (χ0) is 16.8. The lowest BCUT2D eigenvalue weighted by Gasteiger charge is -2.33. The molecule has 0 bridgehead atoms. The van der Waals surface area contributed by atoms with Gasteiger partial charge in [-0.05, 0) is 61.2 Å². The number of halogens is 1. The SMILES string of the molecule is C[C@H]1CN(Sc2ccc(OCC3=CC=NC=CC3)cc2)CC(Cl)O1. The van der Waals surface area contributed by atoms with E-state index in [9.17, 15) is 0 Å². The minimum absolute atomic E-state index is 0.154. The van der Waals surface area contributed by atoms with Gasteiger partial charge in [0, 0.05) is 30.4 Å². The Morgan fingerprint density at radius 1 is 1.33 bits per heavy atom. The molecule has 0 N–H and O–H groups in total. The normalized spacial score (nSPS) is 24.5. The summed E-state index contributed by atoms with van der Waals surface area (Å²) in [4.78, 5) is 5.26. The third-order valence-electron chi connectivity index (χ3n) is 3.64. The minimum atomic E-state index is -0.241. The number of aliphatic imine (C=N–C) groups is 1. The van der Waals surface area contributed by atoms with Crippen molar-refractivity contribution in [2.75, 3.05) is 19.7 Å². The Hall–Kier alpha value is -1.27. The van der Waals surface area contributed by atoms with Crippen LogP contribution in [0.2, 0.25) is 0 Å². The molecule has 1 saturated heterocycles. The highest BCUT2D eigenvalue weighted by molar-refractivity contribution is 7.97. The number of allylic oxidation sites excluding steroid dienone is 2. The van der Waals surface area contributed by atoms with Gasteiger partial charge in [-0.25, -0.2) is 4.31 Å². The van der Waals surface area contributed by atoms with Crippen LogP contribution in [0, 0.1) is 0 Å². The number of benzene rings is 1. The van der Waals surface area contributed by atoms with E-state index >= 15 is 0 Å². The molecule has 1 aromatic carbocycles. The molecule has 1 unspecified atom stereocenters. The van der Waals surface area contributed by atoms with Crippen LogP contribution in [0.25, 0.3) is 0 Å². The van der Waals surface area contributed by atoms with Crippen LogP contribution in [0.15, 0.2) is 58.1 Å². The van der Waals surface area contributed by atoms with Crippen LogP contribution in [-0.4, -0.2) is 41.9 Å². The summed E-state index contributed by atoms with van der Waals surface area (Å²) in [6, 6.07) is 8.16. The van der Waals surface area contributed by atoms with Gasteiger partial charge in [-0.3, -0.25) is 4.99 Å². The molecule has 4 nitrogen and oxygen atoms in total. The molecule has 1 fully saturated rings. The first-order valence-corrected chi connectivity index (χ1v) is 9.21. The van der Waals surface area contributed by atoms with Crippen LogP contribution in [0.1, 0.15) is 13.3 Å². The van der Waals surface area contributed by atoms with Gasteiger partial charge >= 0.3 is 0 Å². The molecule has 2 atom stereocenters. The summed E-state index contributed by atoms with van der Waals surface area (Å²) >= 11 is 7.81. The Morgan fingerprint density at radius 3 is 2.96 bits per heavy atom. The second-order valence-electron chi connectivity index (χ2n) is 5.77. The average Bonchev–Trinajstić information content (AvgIpc) is 2.82. The smallest absolute Gasteiger partial charge is 0.145 e. The lowest BCUT2D eigenvalue weighted by molar-refractivity contribution is -0.0100. The fourth-order valence-corrected chi connectivity index (χ4v) is 3.97. The van der Waals surface area contributed by atoms with Gasteiger partial charge in [-0.2, -0.15) is 0 Å². The van der Waals surface area contributed by atoms with Crippen molar-refractivity contribution >= 4 is 29.8 Å². The summed E-state index contributed by atoms with van der Waals surface area (Å²) in [6.07, 6.45) is 8.69. The fourth-order valence-electron chi connectivity index (χ4n) is 2.49. The number of rotatable bonds is 5. The van der Waals surface area contributed by atoms with Crippen LogP contribution in [0.3, 0.4) is 0 Å². The van der Waals surface area contributed by atoms with Gasteiger partial charge in [-0.1, -0.05) is 17.7 Å². The lowest BCUT2D eigenvalue weighted by Crippen LogP contribution is -2.40. The topological polar surface area (TPSA) is 34.1 Å². The Morgan fingerprint density at radius 2 is 2.17 bits per heavy atom. The summed E-state index contributed by atoms with van der Waals surface area (Å²) in [6.45, 7) is 4.21. The first kappa shape index (κ1) is 17.5. The first-order chi connectivity index (χ1) is 11.7. The molecule has 0 amide bonds. The van der Waals surface area contributed by atoms with Gasteiger partial charge in [-0.15, -0.1) is 0 Å². The maximum atomic E-state index is 6.11. The van der Waals surface area contributed by atoms with E-state index in [0.717, 1.165) is 25.3 Å². The number of hydrogen-bond donors (Lipinski definition) is 0. The van der Waals surface area contributed by atoms with Gasteiger partial charge < -0.3 is 9.47 Å². The zero-order valence-electron chi connectivity index (χ0n) is 13.6. The van der Waals surface area contributed by atoms with Gasteiger partial charge in [0.25, 0.3) is 0 Å². The molecule has 24 heavy (non-hydrogen) atoms. The first-order valence-electron chi connectivity index (χ1n) is 8.00. The second kappa shape index (κ2) is 8.72. The van der Waals surface area contributed by atoms with Crippen molar-refractivity contribution in [1.82, 2.24) is 4.31 Å². The molecule has 1 aromatic rings. The van der Waals surface area contributed by atoms with Crippen molar-refractivity contribution in [2.24, 2.45) is 4.99 Å². The third kappa shape index (κ3) is 5.38. The van der Waals surface area contributed by atoms with Crippen LogP contribution in [-0.2, 0) is 4.74 Å². The van der Waals surface area contributed by atoms with Crippen molar-refractivity contribution in [2.45, 2.75) is 29.9 Å². The van der Waals surface area contributed by atoms with E-state index < -0.39 is 0 Å². The summed E-state index contributed by atoms with van der Waals surface area (Å²) in [5.41, 5.74) is 0.968. The Kier molecular flexibility index (Phi) is 6.37. The average molecular weight is 365 g/mol. The molecular formula is C18H21ClN2O2S. The van der Waals surface area contributed by atoms with E-state index in [1.165, 1.54) is 10.5 Å². The van der Waals surface area contributed by atoms with Crippen molar-refractivity contribution in [3.05, 3.63) is 48.2 Å². The summed E-state index contributed by atoms with van der Waals surface area (Å²) in [5.74, 6) is 0.871. The maximum Gasteiger partial charge on any atom is 0.145 e. The fraction of sp³-hybridized carbons (Fsp3) is 0.389. The van der Waals surface area contributed by atoms with Crippen LogP contribution in [0.5, 0.6) is 5.75 Å². The monoisotopic (exact) mass is 364 g/mol. The van der Waals surface area contributed by atoms with E-state index in [2.05, 4.69) is 21.4 Å². The van der Waals surface area contributed by atoms with E-state index in [4.69, 9.17) is 21.1 Å². The predicted molar refractivity (Wildman–Crippen MR) is 99.9 cm³/mol. The molecule has 2 aliphatic heterocycles. The predicted octanol–water partition coefficient (Wildman–Crippen LogP) is 4.27. The highest BCUT2D eigenvalue weighted by Crippen LogP contribution is 2.28. The molecule has 128 valence electrons. The number of nitrogens with zero attached hydrogens (tertiary/aromatic N) is 2. The molecule has 0 aromatic heterocycles. The van der Waals surface area contributed by atoms with Gasteiger partial charge in [0.15, 0.2) is 0 Å². The van der Waals surface area contributed by atoms with Crippen LogP contribution >= 0.6 is 23.5 Å². The molecule has 2 aliphatic rings. The molecule has 6 heteroatoms. The van der Waals surface area contributed by atoms with Crippen molar-refractivity contribution in [1.29, 1.82) is 0 Å². The minimum Gasteiger partial charge on any atom is -0.489 e. The molecular weight excluding hydrogens is 344 g/mol. The molecule has 0 spiro atoms. The molecule has 2 heterocycles. The lowest BCUT2D eigenvalue weighted by atomic mass is 10.2. The van der Waals surface area contributed by atoms with Gasteiger partial charge in [0.1, 0.15) is 17.9 Å². The van der Waals surface area contributed by atoms with Crippen molar-refractivity contribution in [3.8, 4) is 5.75 Å². The highest BCUT2D eigenvalue weighted by Gasteiger charge is 2.24. The summed E-state index contributed by atoms with van der Waals surface area (Å²) in [7, 11) is 0. The molecule has 0 aliphatic carbocycles. The van der Waals surface area contributed by atoms with E-state index in [-0.39, 0.29) is 11.7 Å². The molecule has 0 saturated carbocycles. The second-order valence-corrected chi connectivity index (χ2v) is 7.42. The van der Waals surface area contributed by atoms with E-state index in [0.29, 0.717) is 6.61 Å². The van der Waals surface area contributed by atoms with Crippen LogP contribution in [0.4, 0.5) is 0 Å². The van der Waals surface area contributed by atoms with Crippen molar-refractivity contribution in [3.63, 3.8) is 0 Å². The van der Waals surface area contributed by atoms with Crippen molar-refractivity contribution < 1.29 is 9.47 Å². The van der Waals surface area contributed by atoms with Crippen LogP contribution < -0.4 is 4.74 Å². The number of alkyl halides is 1. The van der Waals surface area contributed by atoms with Gasteiger partial charge in [0.05, 0.1) is 6.10 Å². The Labute approximate surface area is 152 Å². The van der Waals surface area contributed by atoms with E-state index in [1.54, 1.807) is 18.2 Å². The number of morpholine rings is 1. The van der Waals surface area contributed by atoms with Gasteiger partial charge in [0.2, 0.25) is 0 Å². The quantitative estimate of drug-likeness (QED) is 0.577. The molecule has 0 radical (unpaired) electrons. The summed E-state index contributed by atoms with van der Waals surface area (Å²) < 4.78 is 13.6. The zero-order valence-corrected chi connectivity index (χ0v) is 15.2.